The number of carbonyl (C=O) groups excluding carboxylic acids is 2. The second-order valence-electron chi connectivity index (χ2n) is 6.35. The van der Waals surface area contributed by atoms with Gasteiger partial charge in [0.25, 0.3) is 5.91 Å². The Morgan fingerprint density at radius 2 is 1.88 bits per heavy atom. The van der Waals surface area contributed by atoms with Crippen molar-refractivity contribution in [3.8, 4) is 0 Å². The van der Waals surface area contributed by atoms with E-state index < -0.39 is 0 Å². The number of hydrogen-bond acceptors (Lipinski definition) is 4. The van der Waals surface area contributed by atoms with E-state index in [-0.39, 0.29) is 17.9 Å². The van der Waals surface area contributed by atoms with Crippen LogP contribution in [0, 0.1) is 0 Å². The Bertz CT molecular complexity index is 550. The van der Waals surface area contributed by atoms with E-state index in [0.29, 0.717) is 12.0 Å². The highest BCUT2D eigenvalue weighted by atomic mass is 32.2. The van der Waals surface area contributed by atoms with Crippen LogP contribution in [0.2, 0.25) is 0 Å². The van der Waals surface area contributed by atoms with Crippen LogP contribution < -0.4 is 10.6 Å². The molecule has 0 spiro atoms. The van der Waals surface area contributed by atoms with E-state index >= 15 is 0 Å². The summed E-state index contributed by atoms with van der Waals surface area (Å²) in [5.74, 6) is 2.16. The van der Waals surface area contributed by atoms with Crippen molar-refractivity contribution in [3.05, 3.63) is 29.8 Å². The van der Waals surface area contributed by atoms with Gasteiger partial charge in [-0.1, -0.05) is 13.8 Å². The van der Waals surface area contributed by atoms with Crippen molar-refractivity contribution in [2.24, 2.45) is 0 Å². The highest BCUT2D eigenvalue weighted by molar-refractivity contribution is 7.99. The Morgan fingerprint density at radius 3 is 2.44 bits per heavy atom. The summed E-state index contributed by atoms with van der Waals surface area (Å²) in [7, 11) is 0. The molecule has 1 saturated heterocycles. The molecule has 2 N–H and O–H groups in total. The van der Waals surface area contributed by atoms with Crippen LogP contribution in [0.1, 0.15) is 43.5 Å². The Balaban J connectivity index is 1.89. The van der Waals surface area contributed by atoms with Gasteiger partial charge >= 0.3 is 0 Å². The summed E-state index contributed by atoms with van der Waals surface area (Å²) in [6.45, 7) is 6.67. The number of hydrogen-bond donors (Lipinski definition) is 2. The lowest BCUT2D eigenvalue weighted by molar-refractivity contribution is -0.116. The molecular weight excluding hydrogens is 334 g/mol. The normalized spacial score (nSPS) is 17.1. The fourth-order valence-electron chi connectivity index (χ4n) is 2.92. The number of carbonyl (C=O) groups is 2. The van der Waals surface area contributed by atoms with Gasteiger partial charge in [-0.15, -0.1) is 0 Å². The van der Waals surface area contributed by atoms with Gasteiger partial charge in [0.05, 0.1) is 0 Å². The summed E-state index contributed by atoms with van der Waals surface area (Å²) < 4.78 is 0. The minimum Gasteiger partial charge on any atom is -0.339 e. The fourth-order valence-corrected chi connectivity index (χ4v) is 3.87. The third-order valence-electron chi connectivity index (χ3n) is 4.12. The molecule has 0 aromatic heterocycles. The zero-order valence-electron chi connectivity index (χ0n) is 15.2. The summed E-state index contributed by atoms with van der Waals surface area (Å²) in [6.07, 6.45) is 2.38. The molecule has 2 amide bonds. The highest BCUT2D eigenvalue weighted by Gasteiger charge is 2.17. The van der Waals surface area contributed by atoms with E-state index in [1.165, 1.54) is 0 Å². The molecule has 1 fully saturated rings. The number of amides is 2. The van der Waals surface area contributed by atoms with Gasteiger partial charge in [-0.3, -0.25) is 9.59 Å². The molecule has 1 unspecified atom stereocenters. The topological polar surface area (TPSA) is 61.4 Å². The van der Waals surface area contributed by atoms with Crippen molar-refractivity contribution < 1.29 is 9.59 Å². The summed E-state index contributed by atoms with van der Waals surface area (Å²) >= 11 is 1.88. The molecule has 1 atom stereocenters. The van der Waals surface area contributed by atoms with Crippen LogP contribution >= 0.6 is 11.8 Å². The first-order valence-corrected chi connectivity index (χ1v) is 10.3. The van der Waals surface area contributed by atoms with Gasteiger partial charge in [0, 0.05) is 54.9 Å². The standard InChI is InChI=1S/C19H29N3O2S/c1-3-10-22(11-4-2)19(24)15-5-7-16(8-6-15)21-18(23)13-17-14-25-12-9-20-17/h5-8,17,20H,3-4,9-14H2,1-2H3,(H,21,23). The van der Waals surface area contributed by atoms with Crippen LogP contribution in [-0.4, -0.2) is 53.9 Å². The maximum Gasteiger partial charge on any atom is 0.253 e. The molecule has 1 aromatic carbocycles. The Hall–Kier alpha value is -1.53. The summed E-state index contributed by atoms with van der Waals surface area (Å²) in [5, 5.41) is 6.29. The smallest absolute Gasteiger partial charge is 0.253 e. The lowest BCUT2D eigenvalue weighted by atomic mass is 10.1. The monoisotopic (exact) mass is 363 g/mol. The van der Waals surface area contributed by atoms with Gasteiger partial charge in [0.15, 0.2) is 0 Å². The molecule has 25 heavy (non-hydrogen) atoms. The van der Waals surface area contributed by atoms with Gasteiger partial charge in [0.1, 0.15) is 0 Å². The molecule has 138 valence electrons. The molecular formula is C19H29N3O2S. The van der Waals surface area contributed by atoms with Crippen LogP contribution in [0.4, 0.5) is 5.69 Å². The maximum atomic E-state index is 12.5. The molecule has 0 saturated carbocycles. The molecule has 5 nitrogen and oxygen atoms in total. The zero-order valence-corrected chi connectivity index (χ0v) is 16.0. The Kier molecular flexibility index (Phi) is 8.28. The molecule has 1 aliphatic heterocycles. The lowest BCUT2D eigenvalue weighted by Gasteiger charge is -2.22. The van der Waals surface area contributed by atoms with E-state index in [4.69, 9.17) is 0 Å². The molecule has 0 aliphatic carbocycles. The predicted octanol–water partition coefficient (Wildman–Crippen LogP) is 2.98. The van der Waals surface area contributed by atoms with Gasteiger partial charge < -0.3 is 15.5 Å². The average molecular weight is 364 g/mol. The highest BCUT2D eigenvalue weighted by Crippen LogP contribution is 2.14. The minimum absolute atomic E-state index is 0.0117. The molecule has 1 aliphatic rings. The second-order valence-corrected chi connectivity index (χ2v) is 7.50. The fraction of sp³-hybridized carbons (Fsp3) is 0.579. The summed E-state index contributed by atoms with van der Waals surface area (Å²) in [5.41, 5.74) is 1.41. The van der Waals surface area contributed by atoms with Crippen molar-refractivity contribution in [1.82, 2.24) is 10.2 Å². The van der Waals surface area contributed by atoms with E-state index in [2.05, 4.69) is 24.5 Å². The van der Waals surface area contributed by atoms with Crippen molar-refractivity contribution in [1.29, 1.82) is 0 Å². The number of rotatable bonds is 8. The van der Waals surface area contributed by atoms with Crippen LogP contribution in [0.15, 0.2) is 24.3 Å². The molecule has 0 radical (unpaired) electrons. The van der Waals surface area contributed by atoms with Gasteiger partial charge in [-0.25, -0.2) is 0 Å². The number of nitrogens with zero attached hydrogens (tertiary/aromatic N) is 1. The van der Waals surface area contributed by atoms with Crippen molar-refractivity contribution in [2.45, 2.75) is 39.2 Å². The van der Waals surface area contributed by atoms with Crippen molar-refractivity contribution in [2.75, 3.05) is 36.5 Å². The third-order valence-corrected chi connectivity index (χ3v) is 5.25. The maximum absolute atomic E-state index is 12.5. The van der Waals surface area contributed by atoms with E-state index in [1.807, 2.05) is 28.8 Å². The number of anilines is 1. The zero-order chi connectivity index (χ0) is 18.1. The Morgan fingerprint density at radius 1 is 1.20 bits per heavy atom. The average Bonchev–Trinajstić information content (AvgIpc) is 2.62. The summed E-state index contributed by atoms with van der Waals surface area (Å²) in [4.78, 5) is 26.6. The summed E-state index contributed by atoms with van der Waals surface area (Å²) in [6, 6.07) is 7.46. The lowest BCUT2D eigenvalue weighted by Crippen LogP contribution is -2.39. The second kappa shape index (κ2) is 10.5. The first-order valence-electron chi connectivity index (χ1n) is 9.14. The van der Waals surface area contributed by atoms with E-state index in [0.717, 1.165) is 49.7 Å². The Labute approximate surface area is 154 Å². The van der Waals surface area contributed by atoms with E-state index in [9.17, 15) is 9.59 Å². The SMILES string of the molecule is CCCN(CCC)C(=O)c1ccc(NC(=O)CC2CSCCN2)cc1. The van der Waals surface area contributed by atoms with Gasteiger partial charge in [-0.05, 0) is 37.1 Å². The number of benzene rings is 1. The van der Waals surface area contributed by atoms with Crippen molar-refractivity contribution in [3.63, 3.8) is 0 Å². The molecule has 6 heteroatoms. The first kappa shape index (κ1) is 19.8. The molecule has 1 heterocycles. The first-order chi connectivity index (χ1) is 12.1. The van der Waals surface area contributed by atoms with Crippen molar-refractivity contribution >= 4 is 29.3 Å². The van der Waals surface area contributed by atoms with Crippen LogP contribution in [0.5, 0.6) is 0 Å². The predicted molar refractivity (Wildman–Crippen MR) is 105 cm³/mol. The van der Waals surface area contributed by atoms with Crippen LogP contribution in [0.25, 0.3) is 0 Å². The minimum atomic E-state index is 0.0117. The quantitative estimate of drug-likeness (QED) is 0.745. The molecule has 1 aromatic rings. The van der Waals surface area contributed by atoms with Crippen LogP contribution in [0.3, 0.4) is 0 Å². The van der Waals surface area contributed by atoms with Crippen LogP contribution in [-0.2, 0) is 4.79 Å². The van der Waals surface area contributed by atoms with E-state index in [1.54, 1.807) is 12.1 Å². The molecule has 0 bridgehead atoms. The molecule has 2 rings (SSSR count). The largest absolute Gasteiger partial charge is 0.339 e. The van der Waals surface area contributed by atoms with Gasteiger partial charge in [-0.2, -0.15) is 11.8 Å². The number of nitrogens with one attached hydrogen (secondary N) is 2. The number of thioether (sulfide) groups is 1. The van der Waals surface area contributed by atoms with Gasteiger partial charge in [0.2, 0.25) is 5.91 Å². The third kappa shape index (κ3) is 6.36.